The molecule has 0 fully saturated rings. The molecule has 0 aliphatic rings. The summed E-state index contributed by atoms with van der Waals surface area (Å²) in [6.07, 6.45) is 2.19. The van der Waals surface area contributed by atoms with Crippen molar-refractivity contribution in [3.8, 4) is 0 Å². The molecule has 4 heteroatoms. The summed E-state index contributed by atoms with van der Waals surface area (Å²) in [6.45, 7) is 6.17. The minimum Gasteiger partial charge on any atom is -0.542 e. The Bertz CT molecular complexity index is 70.8. The second-order valence-electron chi connectivity index (χ2n) is 1.20. The van der Waals surface area contributed by atoms with Gasteiger partial charge in [0.2, 0.25) is 0 Å². The molecule has 0 N–H and O–H groups in total. The summed E-state index contributed by atoms with van der Waals surface area (Å²) in [4.78, 5) is 18.4. The minimum absolute atomic E-state index is 0. The van der Waals surface area contributed by atoms with E-state index in [-0.39, 0.29) is 13.2 Å². The van der Waals surface area contributed by atoms with Crippen LogP contribution in [0.15, 0.2) is 0 Å². The molecule has 0 heterocycles. The smallest absolute Gasteiger partial charge is 0 e. The third-order valence-electron chi connectivity index (χ3n) is 0.144. The first-order valence-corrected chi connectivity index (χ1v) is 2.32. The molecule has 0 aromatic heterocycles. The van der Waals surface area contributed by atoms with Crippen molar-refractivity contribution in [1.29, 1.82) is 0 Å². The van der Waals surface area contributed by atoms with E-state index in [1.54, 1.807) is 13.2 Å². The molecule has 11 heavy (non-hydrogen) atoms. The van der Waals surface area contributed by atoms with Crippen molar-refractivity contribution in [1.82, 2.24) is 0 Å². The van der Waals surface area contributed by atoms with Gasteiger partial charge in [0, 0.05) is 0 Å². The van der Waals surface area contributed by atoms with Crippen LogP contribution >= 0.6 is 0 Å². The quantitative estimate of drug-likeness (QED) is 0.400. The van der Waals surface area contributed by atoms with Crippen molar-refractivity contribution in [3.63, 3.8) is 0 Å². The number of carbonyl (C=O) groups is 1. The van der Waals surface area contributed by atoms with E-state index in [0.29, 0.717) is 6.42 Å². The SMILES string of the molecule is C.CC[C-]=O.[CH2-]C(C)=O.[Rf].[Rf]. The molecule has 0 aromatic carbocycles. The van der Waals surface area contributed by atoms with Gasteiger partial charge >= 0.3 is 0 Å². The summed E-state index contributed by atoms with van der Waals surface area (Å²) in [6, 6.07) is 0. The molecule has 0 bridgehead atoms. The minimum atomic E-state index is -0.0833. The average molecular weight is 664 g/mol. The summed E-state index contributed by atoms with van der Waals surface area (Å²) in [5, 5.41) is 0. The molecule has 2 nitrogen and oxygen atoms in total. The van der Waals surface area contributed by atoms with Gasteiger partial charge in [0.25, 0.3) is 0 Å². The van der Waals surface area contributed by atoms with Crippen molar-refractivity contribution < 1.29 is 9.59 Å². The van der Waals surface area contributed by atoms with Gasteiger partial charge in [-0.1, -0.05) is 14.4 Å². The van der Waals surface area contributed by atoms with Gasteiger partial charge in [-0.3, -0.25) is 6.29 Å². The maximum Gasteiger partial charge on any atom is 0 e. The Morgan fingerprint density at radius 1 is 1.45 bits per heavy atom. The van der Waals surface area contributed by atoms with E-state index in [1.807, 2.05) is 0 Å². The van der Waals surface area contributed by atoms with Crippen LogP contribution in [-0.2, 0) is 9.59 Å². The molecule has 0 aromatic rings. The van der Waals surface area contributed by atoms with Crippen LogP contribution in [0.25, 0.3) is 0 Å². The van der Waals surface area contributed by atoms with E-state index in [1.165, 1.54) is 6.92 Å². The van der Waals surface area contributed by atoms with Gasteiger partial charge in [-0.2, -0.15) is 6.42 Å². The predicted octanol–water partition coefficient (Wildman–Crippen LogP) is 1.55. The van der Waals surface area contributed by atoms with Crippen LogP contribution in [-0.4, -0.2) is 12.1 Å². The van der Waals surface area contributed by atoms with Crippen LogP contribution in [0.3, 0.4) is 0 Å². The van der Waals surface area contributed by atoms with Crippen molar-refractivity contribution in [2.24, 2.45) is 0 Å². The monoisotopic (exact) mass is 664 g/mol. The molecule has 60 valence electrons. The Labute approximate surface area is 57.3 Å². The van der Waals surface area contributed by atoms with E-state index in [4.69, 9.17) is 4.79 Å². The number of carbonyl (C=O) groups excluding carboxylic acids is 2. The zero-order valence-corrected chi connectivity index (χ0v) is 19.4. The van der Waals surface area contributed by atoms with E-state index >= 15 is 0 Å². The van der Waals surface area contributed by atoms with E-state index in [2.05, 4.69) is 6.92 Å². The number of Topliss-reactive ketones (excluding diaryl/α,β-unsaturated/α-hetero) is 1. The van der Waals surface area contributed by atoms with Gasteiger partial charge in [0.05, 0.1) is 0 Å². The average Bonchev–Trinajstić information content (AvgIpc) is 1.65. The van der Waals surface area contributed by atoms with Crippen LogP contribution in [0, 0.1) is 6.92 Å². The van der Waals surface area contributed by atoms with Gasteiger partial charge in [0.15, 0.2) is 0 Å². The Kier molecular flexibility index (Phi) is 214. The summed E-state index contributed by atoms with van der Waals surface area (Å²) < 4.78 is 0. The Hall–Kier alpha value is -2.79. The van der Waals surface area contributed by atoms with Crippen LogP contribution < -0.4 is 0 Å². The normalized spacial score (nSPS) is 4.55. The summed E-state index contributed by atoms with van der Waals surface area (Å²) in [7, 11) is 0. The molecule has 0 unspecified atom stereocenters. The predicted molar refractivity (Wildman–Crippen MR) is 38.8 cm³/mol. The molecule has 0 amide bonds. The van der Waals surface area contributed by atoms with Crippen molar-refractivity contribution in [2.75, 3.05) is 0 Å². The Morgan fingerprint density at radius 2 is 1.55 bits per heavy atom. The third kappa shape index (κ3) is 61.1. The molecular weight excluding hydrogens is 650 g/mol. The molecule has 0 aliphatic carbocycles. The molecule has 0 radical (unpaired) electrons. The van der Waals surface area contributed by atoms with Crippen LogP contribution in [0.2, 0.25) is 0 Å². The maximum absolute atomic E-state index is 9.33. The second-order valence-corrected chi connectivity index (χ2v) is 1.20. The fraction of sp³-hybridized carbons (Fsp3) is 0.571. The number of rotatable bonds is 1. The first-order chi connectivity index (χ1) is 3.65. The van der Waals surface area contributed by atoms with E-state index in [0.717, 1.165) is 0 Å². The summed E-state index contributed by atoms with van der Waals surface area (Å²) in [5.74, 6) is -0.0833. The second kappa shape index (κ2) is 56.9. The van der Waals surface area contributed by atoms with Gasteiger partial charge in [-0.15, -0.1) is 0 Å². The van der Waals surface area contributed by atoms with Gasteiger partial charge < -0.3 is 16.5 Å². The van der Waals surface area contributed by atoms with E-state index in [9.17, 15) is 4.79 Å². The standard InChI is InChI=1S/2C3H5O.CH4.2Rf/c1-3(2)4;1-2-3-4;;;/h1H2,2H3;2H2,1H3;1H4;;/q2*-1;;;. The van der Waals surface area contributed by atoms with E-state index < -0.39 is 0 Å². The van der Waals surface area contributed by atoms with Crippen molar-refractivity contribution >= 4 is 12.1 Å². The Balaban J connectivity index is -0.0000000171. The van der Waals surface area contributed by atoms with Crippen LogP contribution in [0.5, 0.6) is 0 Å². The topological polar surface area (TPSA) is 34.1 Å². The van der Waals surface area contributed by atoms with Crippen molar-refractivity contribution in [2.45, 2.75) is 27.7 Å². The summed E-state index contributed by atoms with van der Waals surface area (Å²) in [5.41, 5.74) is 0. The van der Waals surface area contributed by atoms with Crippen molar-refractivity contribution in [3.05, 3.63) is 6.92 Å². The number of hydrogen-bond donors (Lipinski definition) is 0. The molecule has 0 saturated heterocycles. The first kappa shape index (κ1) is 41.4. The molecule has 0 spiro atoms. The Morgan fingerprint density at radius 3 is 1.55 bits per heavy atom. The van der Waals surface area contributed by atoms with Gasteiger partial charge in [-0.25, -0.2) is 0 Å². The fourth-order valence-electron chi connectivity index (χ4n) is 0. The maximum atomic E-state index is 9.33. The third-order valence-corrected chi connectivity index (χ3v) is 0.144. The molecule has 0 rings (SSSR count). The molecule has 0 aliphatic heterocycles. The number of ketones is 1. The zero-order valence-electron chi connectivity index (χ0n) is 6.64. The van der Waals surface area contributed by atoms with Crippen LogP contribution in [0.1, 0.15) is 27.7 Å². The number of hydrogen-bond acceptors (Lipinski definition) is 2. The summed E-state index contributed by atoms with van der Waals surface area (Å²) >= 11 is 0. The first-order valence-electron chi connectivity index (χ1n) is 2.32. The zero-order chi connectivity index (χ0) is 6.99. The molecule has 0 saturated carbocycles. The van der Waals surface area contributed by atoms with Gasteiger partial charge in [-0.05, 0) is 12.7 Å². The fourth-order valence-corrected chi connectivity index (χ4v) is 0. The van der Waals surface area contributed by atoms with Crippen LogP contribution in [0.4, 0.5) is 0 Å². The molecule has 0 atom stereocenters. The largest absolute Gasteiger partial charge is 0.542 e. The molecular formula is C7H14O2Rf2-2. The van der Waals surface area contributed by atoms with Gasteiger partial charge in [0.1, 0.15) is 0 Å².